The second-order valence-electron chi connectivity index (χ2n) is 4.22. The fourth-order valence-corrected chi connectivity index (χ4v) is 2.00. The lowest BCUT2D eigenvalue weighted by atomic mass is 10.2. The number of carboxylic acids is 1. The Balaban J connectivity index is 2.27. The number of morpholine rings is 1. The van der Waals surface area contributed by atoms with Gasteiger partial charge in [0.05, 0.1) is 30.5 Å². The zero-order valence-corrected chi connectivity index (χ0v) is 10.0. The molecule has 2 rings (SSSR count). The molecule has 0 radical (unpaired) electrons. The highest BCUT2D eigenvalue weighted by atomic mass is 16.5. The summed E-state index contributed by atoms with van der Waals surface area (Å²) >= 11 is 0. The van der Waals surface area contributed by atoms with Gasteiger partial charge in [-0.15, -0.1) is 0 Å². The van der Waals surface area contributed by atoms with Crippen molar-refractivity contribution >= 4 is 11.8 Å². The number of pyridine rings is 1. The Bertz CT molecular complexity index is 434. The van der Waals surface area contributed by atoms with E-state index >= 15 is 0 Å². The number of aryl methyl sites for hydroxylation is 1. The van der Waals surface area contributed by atoms with Crippen LogP contribution in [0.1, 0.15) is 23.0 Å². The van der Waals surface area contributed by atoms with Crippen LogP contribution < -0.4 is 4.90 Å². The molecule has 1 N–H and O–H groups in total. The standard InChI is InChI=1S/C12H16N2O3/c1-8-7-17-6-5-14(8)11-4-3-10(12(15)16)9(2)13-11/h3-4,8H,5-7H2,1-2H3,(H,15,16)/t8-/m0/s1. The molecule has 17 heavy (non-hydrogen) atoms. The molecule has 5 heteroatoms. The van der Waals surface area contributed by atoms with Crippen LogP contribution in [0.4, 0.5) is 5.82 Å². The Hall–Kier alpha value is -1.62. The Morgan fingerprint density at radius 3 is 2.94 bits per heavy atom. The van der Waals surface area contributed by atoms with Crippen LogP contribution in [0.3, 0.4) is 0 Å². The van der Waals surface area contributed by atoms with Gasteiger partial charge in [-0.05, 0) is 26.0 Å². The van der Waals surface area contributed by atoms with E-state index < -0.39 is 5.97 Å². The number of aromatic nitrogens is 1. The predicted molar refractivity (Wildman–Crippen MR) is 63.6 cm³/mol. The number of carboxylic acid groups (broad SMARTS) is 1. The van der Waals surface area contributed by atoms with Crippen LogP contribution in [0.15, 0.2) is 12.1 Å². The molecule has 0 bridgehead atoms. The van der Waals surface area contributed by atoms with Gasteiger partial charge in [0.15, 0.2) is 0 Å². The van der Waals surface area contributed by atoms with Crippen molar-refractivity contribution in [3.8, 4) is 0 Å². The molecule has 0 amide bonds. The lowest BCUT2D eigenvalue weighted by Gasteiger charge is -2.34. The summed E-state index contributed by atoms with van der Waals surface area (Å²) in [6, 6.07) is 3.65. The van der Waals surface area contributed by atoms with E-state index in [-0.39, 0.29) is 11.6 Å². The van der Waals surface area contributed by atoms with Crippen molar-refractivity contribution in [3.05, 3.63) is 23.4 Å². The Morgan fingerprint density at radius 1 is 1.59 bits per heavy atom. The van der Waals surface area contributed by atoms with Crippen molar-refractivity contribution in [1.29, 1.82) is 0 Å². The fourth-order valence-electron chi connectivity index (χ4n) is 2.00. The summed E-state index contributed by atoms with van der Waals surface area (Å²) in [5.41, 5.74) is 0.809. The van der Waals surface area contributed by atoms with Gasteiger partial charge in [0, 0.05) is 6.54 Å². The zero-order chi connectivity index (χ0) is 12.4. The number of ether oxygens (including phenoxy) is 1. The summed E-state index contributed by atoms with van der Waals surface area (Å²) in [5.74, 6) is -0.111. The molecule has 1 fully saturated rings. The second-order valence-corrected chi connectivity index (χ2v) is 4.22. The topological polar surface area (TPSA) is 62.7 Å². The Kier molecular flexibility index (Phi) is 3.28. The highest BCUT2D eigenvalue weighted by molar-refractivity contribution is 5.89. The molecule has 0 unspecified atom stereocenters. The molecule has 0 spiro atoms. The monoisotopic (exact) mass is 236 g/mol. The molecule has 5 nitrogen and oxygen atoms in total. The molecule has 0 aromatic carbocycles. The summed E-state index contributed by atoms with van der Waals surface area (Å²) in [7, 11) is 0. The van der Waals surface area contributed by atoms with Crippen LogP contribution in [0.5, 0.6) is 0 Å². The van der Waals surface area contributed by atoms with E-state index in [1.807, 2.05) is 0 Å². The molecule has 0 saturated carbocycles. The van der Waals surface area contributed by atoms with Crippen molar-refractivity contribution in [2.75, 3.05) is 24.7 Å². The van der Waals surface area contributed by atoms with Crippen molar-refractivity contribution in [2.24, 2.45) is 0 Å². The molecular formula is C12H16N2O3. The van der Waals surface area contributed by atoms with Gasteiger partial charge in [-0.1, -0.05) is 0 Å². The van der Waals surface area contributed by atoms with Gasteiger partial charge in [0.25, 0.3) is 0 Å². The van der Waals surface area contributed by atoms with Crippen LogP contribution >= 0.6 is 0 Å². The highest BCUT2D eigenvalue weighted by Gasteiger charge is 2.21. The van der Waals surface area contributed by atoms with Crippen LogP contribution in [0.2, 0.25) is 0 Å². The maximum atomic E-state index is 10.9. The van der Waals surface area contributed by atoms with Crippen molar-refractivity contribution in [2.45, 2.75) is 19.9 Å². The summed E-state index contributed by atoms with van der Waals surface area (Å²) in [6.45, 7) is 5.95. The normalized spacial score (nSPS) is 20.4. The molecular weight excluding hydrogens is 220 g/mol. The summed E-state index contributed by atoms with van der Waals surface area (Å²) in [5, 5.41) is 8.95. The van der Waals surface area contributed by atoms with Crippen LogP contribution in [0.25, 0.3) is 0 Å². The van der Waals surface area contributed by atoms with Gasteiger partial charge in [-0.25, -0.2) is 9.78 Å². The molecule has 1 atom stereocenters. The van der Waals surface area contributed by atoms with E-state index in [0.29, 0.717) is 18.9 Å². The molecule has 1 aromatic rings. The molecule has 2 heterocycles. The number of nitrogens with zero attached hydrogens (tertiary/aromatic N) is 2. The summed E-state index contributed by atoms with van der Waals surface area (Å²) < 4.78 is 5.36. The van der Waals surface area contributed by atoms with Gasteiger partial charge >= 0.3 is 5.97 Å². The average molecular weight is 236 g/mol. The third-order valence-corrected chi connectivity index (χ3v) is 2.96. The largest absolute Gasteiger partial charge is 0.478 e. The van der Waals surface area contributed by atoms with Gasteiger partial charge in [0.2, 0.25) is 0 Å². The third kappa shape index (κ3) is 2.39. The Labute approximate surface area is 100 Å². The highest BCUT2D eigenvalue weighted by Crippen LogP contribution is 2.19. The SMILES string of the molecule is Cc1nc(N2CCOC[C@@H]2C)ccc1C(=O)O. The van der Waals surface area contributed by atoms with Crippen molar-refractivity contribution in [1.82, 2.24) is 4.98 Å². The molecule has 0 aliphatic carbocycles. The van der Waals surface area contributed by atoms with E-state index in [2.05, 4.69) is 16.8 Å². The zero-order valence-electron chi connectivity index (χ0n) is 10.0. The van der Waals surface area contributed by atoms with Crippen LogP contribution in [0, 0.1) is 6.92 Å². The number of aromatic carboxylic acids is 1. The number of hydrogen-bond acceptors (Lipinski definition) is 4. The fraction of sp³-hybridized carbons (Fsp3) is 0.500. The molecule has 92 valence electrons. The smallest absolute Gasteiger partial charge is 0.337 e. The first-order chi connectivity index (χ1) is 8.09. The number of hydrogen-bond donors (Lipinski definition) is 1. The average Bonchev–Trinajstić information content (AvgIpc) is 2.29. The minimum Gasteiger partial charge on any atom is -0.478 e. The Morgan fingerprint density at radius 2 is 2.35 bits per heavy atom. The lowest BCUT2D eigenvalue weighted by molar-refractivity contribution is 0.0695. The minimum atomic E-state index is -0.934. The van der Waals surface area contributed by atoms with E-state index in [0.717, 1.165) is 12.4 Å². The van der Waals surface area contributed by atoms with Crippen LogP contribution in [-0.2, 0) is 4.74 Å². The maximum Gasteiger partial charge on any atom is 0.337 e. The van der Waals surface area contributed by atoms with Crippen molar-refractivity contribution in [3.63, 3.8) is 0 Å². The third-order valence-electron chi connectivity index (χ3n) is 2.96. The second kappa shape index (κ2) is 4.71. The predicted octanol–water partition coefficient (Wildman–Crippen LogP) is 1.31. The number of anilines is 1. The van der Waals surface area contributed by atoms with E-state index in [4.69, 9.17) is 9.84 Å². The van der Waals surface area contributed by atoms with Gasteiger partial charge in [0.1, 0.15) is 5.82 Å². The van der Waals surface area contributed by atoms with E-state index in [1.165, 1.54) is 0 Å². The first-order valence-corrected chi connectivity index (χ1v) is 5.65. The summed E-state index contributed by atoms with van der Waals surface area (Å²) in [4.78, 5) is 17.4. The van der Waals surface area contributed by atoms with E-state index in [1.54, 1.807) is 19.1 Å². The van der Waals surface area contributed by atoms with Crippen LogP contribution in [-0.4, -0.2) is 41.9 Å². The minimum absolute atomic E-state index is 0.259. The summed E-state index contributed by atoms with van der Waals surface area (Å²) in [6.07, 6.45) is 0. The first kappa shape index (κ1) is 11.9. The van der Waals surface area contributed by atoms with E-state index in [9.17, 15) is 4.79 Å². The number of rotatable bonds is 2. The van der Waals surface area contributed by atoms with Gasteiger partial charge < -0.3 is 14.7 Å². The first-order valence-electron chi connectivity index (χ1n) is 5.65. The molecule has 1 aliphatic rings. The van der Waals surface area contributed by atoms with Gasteiger partial charge in [-0.2, -0.15) is 0 Å². The molecule has 1 saturated heterocycles. The molecule has 1 aliphatic heterocycles. The maximum absolute atomic E-state index is 10.9. The number of carbonyl (C=O) groups is 1. The quantitative estimate of drug-likeness (QED) is 0.839. The van der Waals surface area contributed by atoms with Gasteiger partial charge in [-0.3, -0.25) is 0 Å². The molecule has 1 aromatic heterocycles. The van der Waals surface area contributed by atoms with Crippen molar-refractivity contribution < 1.29 is 14.6 Å². The lowest BCUT2D eigenvalue weighted by Crippen LogP contribution is -2.44.